The van der Waals surface area contributed by atoms with E-state index >= 15 is 0 Å². The highest BCUT2D eigenvalue weighted by atomic mass is 16.5. The van der Waals surface area contributed by atoms with Gasteiger partial charge in [0.05, 0.1) is 6.04 Å². The lowest BCUT2D eigenvalue weighted by atomic mass is 9.92. The minimum absolute atomic E-state index is 0.121. The maximum atomic E-state index is 12.1. The summed E-state index contributed by atoms with van der Waals surface area (Å²) in [4.78, 5) is 13.8. The lowest BCUT2D eigenvalue weighted by Crippen LogP contribution is -2.39. The summed E-state index contributed by atoms with van der Waals surface area (Å²) in [6.07, 6.45) is 0. The van der Waals surface area contributed by atoms with Gasteiger partial charge in [-0.25, -0.2) is 4.79 Å². The molecule has 0 spiro atoms. The van der Waals surface area contributed by atoms with Crippen molar-refractivity contribution in [1.29, 1.82) is 0 Å². The number of aryl methyl sites for hydroxylation is 1. The van der Waals surface area contributed by atoms with Crippen LogP contribution in [0, 0.1) is 6.92 Å². The van der Waals surface area contributed by atoms with Crippen LogP contribution in [-0.2, 0) is 0 Å². The first-order valence-electron chi connectivity index (χ1n) is 6.94. The Balaban J connectivity index is 2.19. The second-order valence-corrected chi connectivity index (χ2v) is 5.20. The number of hydrogen-bond acceptors (Lipinski definition) is 2. The van der Waals surface area contributed by atoms with Gasteiger partial charge in [-0.1, -0.05) is 36.4 Å². The second-order valence-electron chi connectivity index (χ2n) is 5.20. The zero-order chi connectivity index (χ0) is 15.0. The number of nitrogens with zero attached hydrogens (tertiary/aromatic N) is 1. The normalized spacial score (nSPS) is 15.5. The Morgan fingerprint density at radius 2 is 1.86 bits per heavy atom. The number of urea groups is 1. The summed E-state index contributed by atoms with van der Waals surface area (Å²) >= 11 is 0. The summed E-state index contributed by atoms with van der Waals surface area (Å²) in [5.74, 6) is 1.65. The molecule has 1 unspecified atom stereocenters. The first-order valence-corrected chi connectivity index (χ1v) is 6.94. The first-order chi connectivity index (χ1) is 10.1. The van der Waals surface area contributed by atoms with Crippen molar-refractivity contribution in [2.24, 2.45) is 0 Å². The Bertz CT molecular complexity index is 697. The van der Waals surface area contributed by atoms with Crippen molar-refractivity contribution in [1.82, 2.24) is 10.2 Å². The number of para-hydroxylation sites is 2. The van der Waals surface area contributed by atoms with Crippen molar-refractivity contribution in [3.63, 3.8) is 0 Å². The Hall–Kier alpha value is -2.49. The molecule has 3 rings (SSSR count). The molecule has 21 heavy (non-hydrogen) atoms. The molecular weight excluding hydrogens is 264 g/mol. The van der Waals surface area contributed by atoms with Crippen LogP contribution in [0.4, 0.5) is 4.79 Å². The Morgan fingerprint density at radius 1 is 1.14 bits per heavy atom. The second kappa shape index (κ2) is 5.13. The van der Waals surface area contributed by atoms with Gasteiger partial charge in [0.2, 0.25) is 0 Å². The van der Waals surface area contributed by atoms with Gasteiger partial charge in [0.25, 0.3) is 0 Å². The van der Waals surface area contributed by atoms with E-state index in [1.54, 1.807) is 19.0 Å². The number of rotatable bonds is 1. The van der Waals surface area contributed by atoms with Crippen molar-refractivity contribution >= 4 is 6.03 Å². The molecule has 4 nitrogen and oxygen atoms in total. The van der Waals surface area contributed by atoms with Crippen LogP contribution in [0.2, 0.25) is 0 Å². The number of carbonyl (C=O) groups is 1. The van der Waals surface area contributed by atoms with E-state index in [9.17, 15) is 4.79 Å². The number of nitrogens with one attached hydrogen (secondary N) is 1. The van der Waals surface area contributed by atoms with E-state index in [1.165, 1.54) is 0 Å². The molecule has 4 heteroatoms. The van der Waals surface area contributed by atoms with E-state index in [0.717, 1.165) is 28.2 Å². The minimum Gasteiger partial charge on any atom is -0.456 e. The van der Waals surface area contributed by atoms with Crippen LogP contribution in [0.3, 0.4) is 0 Å². The molecule has 2 aromatic rings. The van der Waals surface area contributed by atoms with Crippen LogP contribution in [0.1, 0.15) is 22.7 Å². The molecule has 1 heterocycles. The number of carbonyl (C=O) groups excluding carboxylic acids is 1. The molecule has 2 amide bonds. The largest absolute Gasteiger partial charge is 0.456 e. The number of ether oxygens (including phenoxy) is 1. The third-order valence-electron chi connectivity index (χ3n) is 3.88. The molecule has 0 bridgehead atoms. The van der Waals surface area contributed by atoms with Gasteiger partial charge in [0.15, 0.2) is 0 Å². The van der Waals surface area contributed by atoms with Crippen LogP contribution < -0.4 is 10.1 Å². The van der Waals surface area contributed by atoms with Gasteiger partial charge < -0.3 is 15.0 Å². The van der Waals surface area contributed by atoms with Crippen molar-refractivity contribution in [2.75, 3.05) is 14.1 Å². The lowest BCUT2D eigenvalue weighted by molar-refractivity contribution is 0.197. The highest BCUT2D eigenvalue weighted by Crippen LogP contribution is 2.46. The van der Waals surface area contributed by atoms with Crippen molar-refractivity contribution < 1.29 is 9.53 Å². The van der Waals surface area contributed by atoms with Gasteiger partial charge in [-0.05, 0) is 18.6 Å². The summed E-state index contributed by atoms with van der Waals surface area (Å²) in [6, 6.07) is 13.6. The maximum Gasteiger partial charge on any atom is 0.317 e. The average Bonchev–Trinajstić information content (AvgIpc) is 2.52. The summed E-state index contributed by atoms with van der Waals surface area (Å²) in [5.41, 5.74) is 3.08. The predicted octanol–water partition coefficient (Wildman–Crippen LogP) is 3.46. The highest BCUT2D eigenvalue weighted by Gasteiger charge is 2.32. The van der Waals surface area contributed by atoms with Gasteiger partial charge in [0, 0.05) is 25.2 Å². The Morgan fingerprint density at radius 3 is 2.62 bits per heavy atom. The molecule has 0 saturated carbocycles. The molecular formula is C17H18N2O2. The summed E-state index contributed by atoms with van der Waals surface area (Å²) in [6.45, 7) is 2.02. The van der Waals surface area contributed by atoms with Crippen molar-refractivity contribution in [3.8, 4) is 11.5 Å². The topological polar surface area (TPSA) is 41.6 Å². The van der Waals surface area contributed by atoms with E-state index in [-0.39, 0.29) is 12.1 Å². The SMILES string of the molecule is CNC(=O)N(C)C1c2ccccc2Oc2c(C)cccc21. The fourth-order valence-corrected chi connectivity index (χ4v) is 2.82. The average molecular weight is 282 g/mol. The van der Waals surface area contributed by atoms with Gasteiger partial charge in [-0.15, -0.1) is 0 Å². The molecule has 1 aliphatic rings. The van der Waals surface area contributed by atoms with Crippen molar-refractivity contribution in [2.45, 2.75) is 13.0 Å². The highest BCUT2D eigenvalue weighted by molar-refractivity contribution is 5.75. The molecule has 108 valence electrons. The lowest BCUT2D eigenvalue weighted by Gasteiger charge is -2.34. The predicted molar refractivity (Wildman–Crippen MR) is 81.8 cm³/mol. The molecule has 0 aliphatic carbocycles. The van der Waals surface area contributed by atoms with E-state index in [0.29, 0.717) is 0 Å². The zero-order valence-electron chi connectivity index (χ0n) is 12.4. The van der Waals surface area contributed by atoms with E-state index < -0.39 is 0 Å². The molecule has 0 saturated heterocycles. The van der Waals surface area contributed by atoms with Gasteiger partial charge >= 0.3 is 6.03 Å². The van der Waals surface area contributed by atoms with Crippen LogP contribution in [0.15, 0.2) is 42.5 Å². The van der Waals surface area contributed by atoms with Crippen LogP contribution >= 0.6 is 0 Å². The summed E-state index contributed by atoms with van der Waals surface area (Å²) < 4.78 is 6.04. The maximum absolute atomic E-state index is 12.1. The van der Waals surface area contributed by atoms with Gasteiger partial charge in [-0.3, -0.25) is 0 Å². The fourth-order valence-electron chi connectivity index (χ4n) is 2.82. The Labute approximate surface area is 124 Å². The zero-order valence-corrected chi connectivity index (χ0v) is 12.4. The molecule has 0 radical (unpaired) electrons. The molecule has 0 fully saturated rings. The smallest absolute Gasteiger partial charge is 0.317 e. The number of amides is 2. The number of hydrogen-bond donors (Lipinski definition) is 1. The summed E-state index contributed by atoms with van der Waals surface area (Å²) in [7, 11) is 3.44. The quantitative estimate of drug-likeness (QED) is 0.870. The summed E-state index contributed by atoms with van der Waals surface area (Å²) in [5, 5.41) is 2.68. The molecule has 1 atom stereocenters. The molecule has 1 N–H and O–H groups in total. The number of benzene rings is 2. The van der Waals surface area contributed by atoms with E-state index in [4.69, 9.17) is 4.74 Å². The number of fused-ring (bicyclic) bond motifs is 2. The van der Waals surface area contributed by atoms with Crippen LogP contribution in [0.25, 0.3) is 0 Å². The molecule has 1 aliphatic heterocycles. The monoisotopic (exact) mass is 282 g/mol. The third-order valence-corrected chi connectivity index (χ3v) is 3.88. The van der Waals surface area contributed by atoms with E-state index in [2.05, 4.69) is 5.32 Å². The molecule has 0 aromatic heterocycles. The molecule has 2 aromatic carbocycles. The fraction of sp³-hybridized carbons (Fsp3) is 0.235. The van der Waals surface area contributed by atoms with E-state index in [1.807, 2.05) is 49.4 Å². The van der Waals surface area contributed by atoms with Crippen LogP contribution in [-0.4, -0.2) is 25.0 Å². The van der Waals surface area contributed by atoms with Gasteiger partial charge in [0.1, 0.15) is 11.5 Å². The third kappa shape index (κ3) is 2.13. The standard InChI is InChI=1S/C17H18N2O2/c1-11-7-6-9-13-15(19(3)17(20)18-2)12-8-4-5-10-14(12)21-16(11)13/h4-10,15H,1-3H3,(H,18,20). The first kappa shape index (κ1) is 13.5. The van der Waals surface area contributed by atoms with Crippen LogP contribution in [0.5, 0.6) is 11.5 Å². The van der Waals surface area contributed by atoms with Gasteiger partial charge in [-0.2, -0.15) is 0 Å². The van der Waals surface area contributed by atoms with Crippen molar-refractivity contribution in [3.05, 3.63) is 59.2 Å². The Kier molecular flexibility index (Phi) is 3.29. The minimum atomic E-state index is -0.148.